The molecule has 1 aliphatic rings. The van der Waals surface area contributed by atoms with Crippen LogP contribution in [0, 0.1) is 12.8 Å². The van der Waals surface area contributed by atoms with Gasteiger partial charge in [-0.2, -0.15) is 4.98 Å². The number of hydrogen-bond acceptors (Lipinski definition) is 5. The minimum absolute atomic E-state index is 0.327. The van der Waals surface area contributed by atoms with Gasteiger partial charge in [0.05, 0.1) is 5.54 Å². The number of aromatic nitrogens is 2. The first kappa shape index (κ1) is 9.61. The van der Waals surface area contributed by atoms with Gasteiger partial charge < -0.3 is 15.6 Å². The Kier molecular flexibility index (Phi) is 2.28. The zero-order valence-electron chi connectivity index (χ0n) is 8.58. The molecule has 0 aromatic carbocycles. The van der Waals surface area contributed by atoms with Crippen molar-refractivity contribution in [2.75, 3.05) is 13.1 Å². The molecule has 0 saturated carbocycles. The smallest absolute Gasteiger partial charge is 0.223 e. The molecule has 14 heavy (non-hydrogen) atoms. The predicted octanol–water partition coefficient (Wildman–Crippen LogP) is 0.161. The van der Waals surface area contributed by atoms with Crippen molar-refractivity contribution in [2.45, 2.75) is 25.8 Å². The van der Waals surface area contributed by atoms with Crippen molar-refractivity contribution in [3.8, 4) is 0 Å². The van der Waals surface area contributed by atoms with Gasteiger partial charge in [-0.1, -0.05) is 12.1 Å². The van der Waals surface area contributed by atoms with Crippen LogP contribution in [0.4, 0.5) is 0 Å². The molecule has 5 heteroatoms. The average molecular weight is 196 g/mol. The maximum absolute atomic E-state index is 6.31. The summed E-state index contributed by atoms with van der Waals surface area (Å²) >= 11 is 0. The lowest BCUT2D eigenvalue weighted by molar-refractivity contribution is 0.204. The molecule has 0 radical (unpaired) electrons. The SMILES string of the molecule is Cc1nc(C2(N)CCNCC2C)no1. The number of nitrogens with zero attached hydrogens (tertiary/aromatic N) is 2. The highest BCUT2D eigenvalue weighted by Crippen LogP contribution is 2.30. The van der Waals surface area contributed by atoms with Crippen LogP contribution in [0.5, 0.6) is 0 Å². The van der Waals surface area contributed by atoms with Crippen LogP contribution in [0.1, 0.15) is 25.1 Å². The second-order valence-electron chi connectivity index (χ2n) is 4.03. The highest BCUT2D eigenvalue weighted by Gasteiger charge is 2.39. The van der Waals surface area contributed by atoms with E-state index in [9.17, 15) is 0 Å². The largest absolute Gasteiger partial charge is 0.340 e. The van der Waals surface area contributed by atoms with Gasteiger partial charge in [-0.05, 0) is 25.4 Å². The van der Waals surface area contributed by atoms with Crippen LogP contribution in [0.15, 0.2) is 4.52 Å². The highest BCUT2D eigenvalue weighted by atomic mass is 16.5. The molecule has 1 aromatic heterocycles. The summed E-state index contributed by atoms with van der Waals surface area (Å²) in [5.74, 6) is 1.55. The molecule has 3 N–H and O–H groups in total. The molecule has 5 nitrogen and oxygen atoms in total. The molecule has 1 aliphatic heterocycles. The number of hydrogen-bond donors (Lipinski definition) is 2. The van der Waals surface area contributed by atoms with Gasteiger partial charge in [-0.3, -0.25) is 0 Å². The molecule has 78 valence electrons. The van der Waals surface area contributed by atoms with Crippen LogP contribution < -0.4 is 11.1 Å². The Balaban J connectivity index is 2.29. The molecular formula is C9H16N4O. The topological polar surface area (TPSA) is 77.0 Å². The predicted molar refractivity (Wildman–Crippen MR) is 51.6 cm³/mol. The summed E-state index contributed by atoms with van der Waals surface area (Å²) in [4.78, 5) is 4.23. The van der Waals surface area contributed by atoms with Crippen LogP contribution in [0.25, 0.3) is 0 Å². The highest BCUT2D eigenvalue weighted by molar-refractivity contribution is 5.08. The van der Waals surface area contributed by atoms with E-state index in [1.807, 2.05) is 0 Å². The molecule has 2 atom stereocenters. The van der Waals surface area contributed by atoms with Crippen molar-refractivity contribution in [3.05, 3.63) is 11.7 Å². The van der Waals surface area contributed by atoms with Crippen molar-refractivity contribution in [1.82, 2.24) is 15.5 Å². The van der Waals surface area contributed by atoms with E-state index in [2.05, 4.69) is 22.4 Å². The number of piperidine rings is 1. The first-order valence-electron chi connectivity index (χ1n) is 4.93. The van der Waals surface area contributed by atoms with Crippen molar-refractivity contribution < 1.29 is 4.52 Å². The van der Waals surface area contributed by atoms with E-state index in [1.54, 1.807) is 6.92 Å². The summed E-state index contributed by atoms with van der Waals surface area (Å²) < 4.78 is 4.97. The summed E-state index contributed by atoms with van der Waals surface area (Å²) in [7, 11) is 0. The molecule has 2 unspecified atom stereocenters. The molecule has 2 heterocycles. The Hall–Kier alpha value is -0.940. The van der Waals surface area contributed by atoms with Crippen molar-refractivity contribution >= 4 is 0 Å². The van der Waals surface area contributed by atoms with Crippen molar-refractivity contribution in [2.24, 2.45) is 11.7 Å². The van der Waals surface area contributed by atoms with Crippen LogP contribution in [-0.2, 0) is 5.54 Å². The third-order valence-electron chi connectivity index (χ3n) is 2.99. The summed E-state index contributed by atoms with van der Waals surface area (Å²) in [5, 5.41) is 7.22. The van der Waals surface area contributed by atoms with Crippen molar-refractivity contribution in [1.29, 1.82) is 0 Å². The quantitative estimate of drug-likeness (QED) is 0.669. The fourth-order valence-corrected chi connectivity index (χ4v) is 1.86. The van der Waals surface area contributed by atoms with E-state index in [-0.39, 0.29) is 0 Å². The average Bonchev–Trinajstić information content (AvgIpc) is 2.58. The van der Waals surface area contributed by atoms with Gasteiger partial charge in [0.2, 0.25) is 5.89 Å². The van der Waals surface area contributed by atoms with E-state index in [4.69, 9.17) is 10.3 Å². The number of nitrogens with two attached hydrogens (primary N) is 1. The normalized spacial score (nSPS) is 33.2. The van der Waals surface area contributed by atoms with Gasteiger partial charge in [0.25, 0.3) is 0 Å². The van der Waals surface area contributed by atoms with Crippen LogP contribution in [0.3, 0.4) is 0 Å². The molecule has 0 spiro atoms. The van der Waals surface area contributed by atoms with E-state index < -0.39 is 5.54 Å². The zero-order valence-corrected chi connectivity index (χ0v) is 8.58. The summed E-state index contributed by atoms with van der Waals surface area (Å²) in [6, 6.07) is 0. The molecule has 0 amide bonds. The Morgan fingerprint density at radius 2 is 2.43 bits per heavy atom. The molecule has 2 rings (SSSR count). The lowest BCUT2D eigenvalue weighted by Gasteiger charge is -2.37. The first-order chi connectivity index (χ1) is 6.63. The molecule has 0 aliphatic carbocycles. The van der Waals surface area contributed by atoms with E-state index in [0.717, 1.165) is 19.5 Å². The third-order valence-corrected chi connectivity index (χ3v) is 2.99. The number of nitrogens with one attached hydrogen (secondary N) is 1. The first-order valence-corrected chi connectivity index (χ1v) is 4.93. The number of aryl methyl sites for hydroxylation is 1. The van der Waals surface area contributed by atoms with Crippen LogP contribution in [-0.4, -0.2) is 23.2 Å². The van der Waals surface area contributed by atoms with Gasteiger partial charge in [-0.25, -0.2) is 0 Å². The Morgan fingerprint density at radius 1 is 1.64 bits per heavy atom. The molecule has 1 saturated heterocycles. The lowest BCUT2D eigenvalue weighted by Crippen LogP contribution is -2.53. The van der Waals surface area contributed by atoms with Crippen LogP contribution >= 0.6 is 0 Å². The molecular weight excluding hydrogens is 180 g/mol. The summed E-state index contributed by atoms with van der Waals surface area (Å²) in [6.07, 6.45) is 0.854. The Bertz CT molecular complexity index is 324. The van der Waals surface area contributed by atoms with Gasteiger partial charge >= 0.3 is 0 Å². The standard InChI is InChI=1S/C9H16N4O/c1-6-5-11-4-3-9(6,10)8-12-7(2)14-13-8/h6,11H,3-5,10H2,1-2H3. The Morgan fingerprint density at radius 3 is 3.00 bits per heavy atom. The summed E-state index contributed by atoms with van der Waals surface area (Å²) in [6.45, 7) is 5.71. The monoisotopic (exact) mass is 196 g/mol. The van der Waals surface area contributed by atoms with E-state index in [1.165, 1.54) is 0 Å². The summed E-state index contributed by atoms with van der Waals surface area (Å²) in [5.41, 5.74) is 5.88. The van der Waals surface area contributed by atoms with Gasteiger partial charge in [0, 0.05) is 6.92 Å². The zero-order chi connectivity index (χ0) is 10.2. The minimum Gasteiger partial charge on any atom is -0.340 e. The van der Waals surface area contributed by atoms with Gasteiger partial charge in [-0.15, -0.1) is 0 Å². The lowest BCUT2D eigenvalue weighted by atomic mass is 9.80. The van der Waals surface area contributed by atoms with Gasteiger partial charge in [0.1, 0.15) is 0 Å². The second-order valence-corrected chi connectivity index (χ2v) is 4.03. The van der Waals surface area contributed by atoms with E-state index in [0.29, 0.717) is 17.6 Å². The fraction of sp³-hybridized carbons (Fsp3) is 0.778. The molecule has 0 bridgehead atoms. The second kappa shape index (κ2) is 3.33. The Labute approximate surface area is 83.1 Å². The molecule has 1 aromatic rings. The fourth-order valence-electron chi connectivity index (χ4n) is 1.86. The van der Waals surface area contributed by atoms with E-state index >= 15 is 0 Å². The minimum atomic E-state index is -0.428. The van der Waals surface area contributed by atoms with Crippen LogP contribution in [0.2, 0.25) is 0 Å². The van der Waals surface area contributed by atoms with Crippen molar-refractivity contribution in [3.63, 3.8) is 0 Å². The third kappa shape index (κ3) is 1.42. The number of rotatable bonds is 1. The maximum atomic E-state index is 6.31. The maximum Gasteiger partial charge on any atom is 0.223 e. The molecule has 1 fully saturated rings. The van der Waals surface area contributed by atoms with Gasteiger partial charge in [0.15, 0.2) is 5.82 Å².